The minimum Gasteiger partial charge on any atom is -0.294 e. The first-order valence-electron chi connectivity index (χ1n) is 13.6. The van der Waals surface area contributed by atoms with Crippen LogP contribution in [0.3, 0.4) is 0 Å². The molecule has 4 aromatic rings. The number of benzene rings is 3. The van der Waals surface area contributed by atoms with E-state index >= 15 is 0 Å². The summed E-state index contributed by atoms with van der Waals surface area (Å²) in [6.45, 7) is 16.6. The maximum Gasteiger partial charge on any atom is 0.137 e. The summed E-state index contributed by atoms with van der Waals surface area (Å²) >= 11 is 13.0. The quantitative estimate of drug-likeness (QED) is 0.204. The molecule has 4 rings (SSSR count). The normalized spacial score (nSPS) is 13.2. The maximum atomic E-state index is 6.74. The van der Waals surface area contributed by atoms with E-state index in [1.54, 1.807) is 12.7 Å². The molecule has 0 saturated carbocycles. The minimum atomic E-state index is 0.0964. The predicted molar refractivity (Wildman–Crippen MR) is 164 cm³/mol. The zero-order valence-electron chi connectivity index (χ0n) is 24.0. The van der Waals surface area contributed by atoms with E-state index in [-0.39, 0.29) is 16.7 Å². The number of hydrogen-bond donors (Lipinski definition) is 0. The van der Waals surface area contributed by atoms with Crippen LogP contribution in [0.2, 0.25) is 10.0 Å². The Morgan fingerprint density at radius 2 is 1.31 bits per heavy atom. The fourth-order valence-electron chi connectivity index (χ4n) is 4.87. The van der Waals surface area contributed by atoms with E-state index in [0.29, 0.717) is 16.6 Å². The number of halogens is 2. The Morgan fingerprint density at radius 1 is 0.769 bits per heavy atom. The highest BCUT2D eigenvalue weighted by atomic mass is 35.5. The SMILES string of the molecule is CC(C)(C)c1ccc(CN(Cc2ccc(C(C)(C)C)cc2)CC(Cn2cncn2)c2ccc(Cl)cc2Cl)cc1. The number of rotatable bonds is 9. The van der Waals surface area contributed by atoms with Crippen LogP contribution >= 0.6 is 23.2 Å². The van der Waals surface area contributed by atoms with Crippen LogP contribution in [0, 0.1) is 0 Å². The molecule has 206 valence electrons. The number of aromatic nitrogens is 3. The fourth-order valence-corrected chi connectivity index (χ4v) is 5.44. The van der Waals surface area contributed by atoms with Gasteiger partial charge in [0.1, 0.15) is 12.7 Å². The Hall–Kier alpha value is -2.66. The third kappa shape index (κ3) is 8.17. The van der Waals surface area contributed by atoms with Crippen LogP contribution in [0.25, 0.3) is 0 Å². The van der Waals surface area contributed by atoms with Gasteiger partial charge in [-0.1, -0.05) is 119 Å². The van der Waals surface area contributed by atoms with E-state index in [1.165, 1.54) is 22.3 Å². The molecule has 0 amide bonds. The third-order valence-corrected chi connectivity index (χ3v) is 7.77. The summed E-state index contributed by atoms with van der Waals surface area (Å²) in [6.07, 6.45) is 3.34. The molecule has 0 bridgehead atoms. The molecule has 0 saturated heterocycles. The summed E-state index contributed by atoms with van der Waals surface area (Å²) in [5.74, 6) is 0.0964. The van der Waals surface area contributed by atoms with E-state index in [0.717, 1.165) is 25.2 Å². The molecule has 1 aromatic heterocycles. The van der Waals surface area contributed by atoms with Crippen LogP contribution in [0.5, 0.6) is 0 Å². The van der Waals surface area contributed by atoms with Crippen LogP contribution in [0.1, 0.15) is 75.3 Å². The highest BCUT2D eigenvalue weighted by molar-refractivity contribution is 6.35. The van der Waals surface area contributed by atoms with Crippen LogP contribution < -0.4 is 0 Å². The van der Waals surface area contributed by atoms with Gasteiger partial charge in [-0.15, -0.1) is 0 Å². The molecular weight excluding hydrogens is 523 g/mol. The van der Waals surface area contributed by atoms with Crippen LogP contribution in [0.4, 0.5) is 0 Å². The summed E-state index contributed by atoms with van der Waals surface area (Å²) < 4.78 is 1.88. The van der Waals surface area contributed by atoms with E-state index in [4.69, 9.17) is 23.2 Å². The molecule has 0 fully saturated rings. The Kier molecular flexibility index (Phi) is 9.21. The average Bonchev–Trinajstić information content (AvgIpc) is 3.36. The molecule has 3 aromatic carbocycles. The van der Waals surface area contributed by atoms with Crippen molar-refractivity contribution in [1.82, 2.24) is 19.7 Å². The Balaban J connectivity index is 1.65. The molecule has 0 aliphatic heterocycles. The lowest BCUT2D eigenvalue weighted by molar-refractivity contribution is 0.229. The molecule has 0 aliphatic rings. The summed E-state index contributed by atoms with van der Waals surface area (Å²) in [5, 5.41) is 5.70. The average molecular weight is 564 g/mol. The third-order valence-electron chi connectivity index (χ3n) is 7.21. The first-order chi connectivity index (χ1) is 18.4. The van der Waals surface area contributed by atoms with Gasteiger partial charge in [0.15, 0.2) is 0 Å². The first-order valence-corrected chi connectivity index (χ1v) is 14.3. The lowest BCUT2D eigenvalue weighted by Crippen LogP contribution is -2.30. The molecule has 1 unspecified atom stereocenters. The van der Waals surface area contributed by atoms with Crippen molar-refractivity contribution in [2.75, 3.05) is 6.54 Å². The predicted octanol–water partition coefficient (Wildman–Crippen LogP) is 8.67. The van der Waals surface area contributed by atoms with Gasteiger partial charge < -0.3 is 0 Å². The number of nitrogens with zero attached hydrogens (tertiary/aromatic N) is 4. The van der Waals surface area contributed by atoms with E-state index in [2.05, 4.69) is 105 Å². The van der Waals surface area contributed by atoms with Crippen molar-refractivity contribution in [3.63, 3.8) is 0 Å². The van der Waals surface area contributed by atoms with Crippen LogP contribution in [-0.4, -0.2) is 26.2 Å². The fraction of sp³-hybridized carbons (Fsp3) is 0.394. The molecule has 0 spiro atoms. The van der Waals surface area contributed by atoms with E-state index in [9.17, 15) is 0 Å². The Labute approximate surface area is 244 Å². The monoisotopic (exact) mass is 562 g/mol. The Bertz CT molecular complexity index is 1270. The van der Waals surface area contributed by atoms with Crippen molar-refractivity contribution in [3.05, 3.63) is 117 Å². The lowest BCUT2D eigenvalue weighted by atomic mass is 9.86. The van der Waals surface area contributed by atoms with Crippen molar-refractivity contribution < 1.29 is 0 Å². The van der Waals surface area contributed by atoms with E-state index < -0.39 is 0 Å². The van der Waals surface area contributed by atoms with Crippen molar-refractivity contribution in [2.45, 2.75) is 77.9 Å². The van der Waals surface area contributed by atoms with Crippen molar-refractivity contribution >= 4 is 23.2 Å². The summed E-state index contributed by atoms with van der Waals surface area (Å²) in [6, 6.07) is 23.9. The number of hydrogen-bond acceptors (Lipinski definition) is 3. The second kappa shape index (κ2) is 12.2. The zero-order valence-corrected chi connectivity index (χ0v) is 25.5. The van der Waals surface area contributed by atoms with Gasteiger partial charge in [0.05, 0.1) is 6.54 Å². The van der Waals surface area contributed by atoms with Gasteiger partial charge in [0.2, 0.25) is 0 Å². The van der Waals surface area contributed by atoms with Crippen LogP contribution in [-0.2, 0) is 30.5 Å². The lowest BCUT2D eigenvalue weighted by Gasteiger charge is -2.29. The second-order valence-electron chi connectivity index (χ2n) is 12.5. The smallest absolute Gasteiger partial charge is 0.137 e. The van der Waals surface area contributed by atoms with E-state index in [1.807, 2.05) is 22.9 Å². The molecule has 6 heteroatoms. The van der Waals surface area contributed by atoms with Gasteiger partial charge in [-0.2, -0.15) is 5.10 Å². The zero-order chi connectivity index (χ0) is 28.2. The van der Waals surface area contributed by atoms with Gasteiger partial charge in [-0.3, -0.25) is 9.58 Å². The molecule has 4 nitrogen and oxygen atoms in total. The standard InChI is InChI=1S/C33H40Cl2N4/c1-32(2,3)27-11-7-24(8-12-27)18-38(19-25-9-13-28(14-10-25)33(4,5)6)20-26(21-39-23-36-22-37-39)30-16-15-29(34)17-31(30)35/h7-17,22-23,26H,18-21H2,1-6H3. The van der Waals surface area contributed by atoms with Gasteiger partial charge in [0.25, 0.3) is 0 Å². The second-order valence-corrected chi connectivity index (χ2v) is 13.4. The van der Waals surface area contributed by atoms with Gasteiger partial charge >= 0.3 is 0 Å². The van der Waals surface area contributed by atoms with Crippen molar-refractivity contribution in [1.29, 1.82) is 0 Å². The van der Waals surface area contributed by atoms with Gasteiger partial charge in [-0.05, 0) is 50.8 Å². The molecule has 0 aliphatic carbocycles. The minimum absolute atomic E-state index is 0.0964. The Morgan fingerprint density at radius 3 is 1.74 bits per heavy atom. The topological polar surface area (TPSA) is 34.0 Å². The molecule has 1 atom stereocenters. The first kappa shape index (κ1) is 29.3. The molecule has 0 radical (unpaired) electrons. The largest absolute Gasteiger partial charge is 0.294 e. The van der Waals surface area contributed by atoms with Crippen molar-refractivity contribution in [2.24, 2.45) is 0 Å². The highest BCUT2D eigenvalue weighted by Gasteiger charge is 2.22. The van der Waals surface area contributed by atoms with Gasteiger partial charge in [0, 0.05) is 35.6 Å². The molecular formula is C33H40Cl2N4. The molecule has 39 heavy (non-hydrogen) atoms. The molecule has 0 N–H and O–H groups in total. The van der Waals surface area contributed by atoms with Gasteiger partial charge in [-0.25, -0.2) is 4.98 Å². The summed E-state index contributed by atoms with van der Waals surface area (Å²) in [7, 11) is 0. The van der Waals surface area contributed by atoms with Crippen LogP contribution in [0.15, 0.2) is 79.4 Å². The maximum absolute atomic E-state index is 6.74. The highest BCUT2D eigenvalue weighted by Crippen LogP contribution is 2.31. The van der Waals surface area contributed by atoms with Crippen molar-refractivity contribution in [3.8, 4) is 0 Å². The molecule has 1 heterocycles. The summed E-state index contributed by atoms with van der Waals surface area (Å²) in [5.41, 5.74) is 6.57. The summed E-state index contributed by atoms with van der Waals surface area (Å²) in [4.78, 5) is 6.66.